The second-order valence-corrected chi connectivity index (χ2v) is 6.02. The lowest BCUT2D eigenvalue weighted by Gasteiger charge is -2.30. The first-order chi connectivity index (χ1) is 10.6. The van der Waals surface area contributed by atoms with Gasteiger partial charge < -0.3 is 15.1 Å². The number of piperidine rings is 1. The van der Waals surface area contributed by atoms with Crippen LogP contribution in [0.25, 0.3) is 11.3 Å². The van der Waals surface area contributed by atoms with E-state index in [0.29, 0.717) is 16.5 Å². The summed E-state index contributed by atoms with van der Waals surface area (Å²) in [6.45, 7) is 3.09. The van der Waals surface area contributed by atoms with E-state index in [-0.39, 0.29) is 30.4 Å². The minimum Gasteiger partial charge on any atom is -0.451 e. The average molecular weight is 355 g/mol. The van der Waals surface area contributed by atoms with Crippen LogP contribution in [0.1, 0.15) is 30.3 Å². The highest BCUT2D eigenvalue weighted by Crippen LogP contribution is 2.29. The van der Waals surface area contributed by atoms with Gasteiger partial charge in [0.2, 0.25) is 0 Å². The maximum Gasteiger partial charge on any atom is 0.287 e. The molecule has 1 aromatic carbocycles. The maximum atomic E-state index is 12.3. The van der Waals surface area contributed by atoms with E-state index in [0.717, 1.165) is 24.9 Å². The van der Waals surface area contributed by atoms with Crippen LogP contribution in [0.2, 0.25) is 5.02 Å². The molecule has 0 bridgehead atoms. The van der Waals surface area contributed by atoms with Gasteiger partial charge in [0, 0.05) is 17.6 Å². The molecule has 0 aliphatic carbocycles. The van der Waals surface area contributed by atoms with Crippen LogP contribution in [-0.2, 0) is 0 Å². The molecule has 2 unspecified atom stereocenters. The number of carbonyl (C=O) groups is 1. The molecule has 3 rings (SSSR count). The van der Waals surface area contributed by atoms with Crippen molar-refractivity contribution in [3.63, 3.8) is 0 Å². The molecular formula is C17H20Cl2N2O2. The fourth-order valence-corrected chi connectivity index (χ4v) is 2.98. The largest absolute Gasteiger partial charge is 0.451 e. The van der Waals surface area contributed by atoms with E-state index in [1.54, 1.807) is 18.2 Å². The summed E-state index contributed by atoms with van der Waals surface area (Å²) >= 11 is 6.15. The first-order valence-electron chi connectivity index (χ1n) is 7.54. The van der Waals surface area contributed by atoms with Crippen molar-refractivity contribution < 1.29 is 9.21 Å². The predicted molar refractivity (Wildman–Crippen MR) is 94.4 cm³/mol. The molecule has 1 aromatic heterocycles. The van der Waals surface area contributed by atoms with Gasteiger partial charge in [0.05, 0.1) is 5.02 Å². The summed E-state index contributed by atoms with van der Waals surface area (Å²) in [5, 5.41) is 7.01. The highest BCUT2D eigenvalue weighted by Gasteiger charge is 2.24. The van der Waals surface area contributed by atoms with Crippen molar-refractivity contribution in [1.29, 1.82) is 0 Å². The average Bonchev–Trinajstić information content (AvgIpc) is 3.00. The van der Waals surface area contributed by atoms with Crippen molar-refractivity contribution in [2.75, 3.05) is 6.54 Å². The van der Waals surface area contributed by atoms with Gasteiger partial charge in [-0.25, -0.2) is 0 Å². The maximum absolute atomic E-state index is 12.3. The fraction of sp³-hybridized carbons (Fsp3) is 0.353. The molecule has 6 heteroatoms. The normalized spacial score (nSPS) is 20.6. The molecular weight excluding hydrogens is 335 g/mol. The lowest BCUT2D eigenvalue weighted by Crippen LogP contribution is -2.51. The number of benzene rings is 1. The molecule has 1 saturated heterocycles. The lowest BCUT2D eigenvalue weighted by molar-refractivity contribution is 0.0892. The summed E-state index contributed by atoms with van der Waals surface area (Å²) < 4.78 is 5.67. The van der Waals surface area contributed by atoms with Crippen LogP contribution < -0.4 is 10.6 Å². The first-order valence-corrected chi connectivity index (χ1v) is 7.92. The molecule has 4 nitrogen and oxygen atoms in total. The Bertz CT molecular complexity index is 672. The Balaban J connectivity index is 0.00000192. The Morgan fingerprint density at radius 2 is 2.09 bits per heavy atom. The molecule has 1 amide bonds. The third kappa shape index (κ3) is 4.08. The quantitative estimate of drug-likeness (QED) is 0.878. The van der Waals surface area contributed by atoms with Gasteiger partial charge >= 0.3 is 0 Å². The number of amides is 1. The highest BCUT2D eigenvalue weighted by molar-refractivity contribution is 6.33. The summed E-state index contributed by atoms with van der Waals surface area (Å²) in [4.78, 5) is 12.3. The van der Waals surface area contributed by atoms with Crippen LogP contribution in [0.15, 0.2) is 40.8 Å². The van der Waals surface area contributed by atoms with Crippen molar-refractivity contribution in [2.45, 2.75) is 31.8 Å². The molecule has 2 N–H and O–H groups in total. The number of furan rings is 1. The van der Waals surface area contributed by atoms with Crippen LogP contribution >= 0.6 is 24.0 Å². The van der Waals surface area contributed by atoms with Crippen LogP contribution in [0.3, 0.4) is 0 Å². The highest BCUT2D eigenvalue weighted by atomic mass is 35.5. The van der Waals surface area contributed by atoms with E-state index in [1.807, 2.05) is 18.2 Å². The topological polar surface area (TPSA) is 54.3 Å². The lowest BCUT2D eigenvalue weighted by atomic mass is 10.00. The molecule has 23 heavy (non-hydrogen) atoms. The second-order valence-electron chi connectivity index (χ2n) is 5.61. The molecule has 2 heterocycles. The first kappa shape index (κ1) is 17.9. The van der Waals surface area contributed by atoms with Crippen molar-refractivity contribution >= 4 is 29.9 Å². The zero-order valence-corrected chi connectivity index (χ0v) is 14.4. The van der Waals surface area contributed by atoms with Gasteiger partial charge in [0.25, 0.3) is 5.91 Å². The van der Waals surface area contributed by atoms with Gasteiger partial charge in [-0.1, -0.05) is 23.7 Å². The van der Waals surface area contributed by atoms with Gasteiger partial charge in [-0.3, -0.25) is 4.79 Å². The molecule has 1 aliphatic rings. The molecule has 1 aliphatic heterocycles. The minimum absolute atomic E-state index is 0. The Morgan fingerprint density at radius 1 is 1.30 bits per heavy atom. The predicted octanol–water partition coefficient (Wildman–Crippen LogP) is 3.89. The Labute approximate surface area is 147 Å². The third-order valence-corrected chi connectivity index (χ3v) is 4.38. The third-order valence-electron chi connectivity index (χ3n) is 4.05. The fourth-order valence-electron chi connectivity index (χ4n) is 2.75. The molecule has 2 atom stereocenters. The molecule has 0 radical (unpaired) electrons. The summed E-state index contributed by atoms with van der Waals surface area (Å²) in [6, 6.07) is 11.3. The molecule has 0 spiro atoms. The molecule has 124 valence electrons. The number of hydrogen-bond acceptors (Lipinski definition) is 3. The van der Waals surface area contributed by atoms with E-state index >= 15 is 0 Å². The van der Waals surface area contributed by atoms with E-state index in [9.17, 15) is 4.79 Å². The van der Waals surface area contributed by atoms with Crippen molar-refractivity contribution in [3.05, 3.63) is 47.2 Å². The summed E-state index contributed by atoms with van der Waals surface area (Å²) in [5.74, 6) is 0.733. The van der Waals surface area contributed by atoms with Crippen molar-refractivity contribution in [1.82, 2.24) is 10.6 Å². The SMILES string of the molecule is CC1NCCCC1NC(=O)c1ccc(-c2ccccc2Cl)o1.Cl. The van der Waals surface area contributed by atoms with Crippen LogP contribution in [0.4, 0.5) is 0 Å². The molecule has 2 aromatic rings. The Morgan fingerprint density at radius 3 is 2.83 bits per heavy atom. The molecule has 0 saturated carbocycles. The summed E-state index contributed by atoms with van der Waals surface area (Å²) in [7, 11) is 0. The van der Waals surface area contributed by atoms with E-state index < -0.39 is 0 Å². The van der Waals surface area contributed by atoms with Gasteiger partial charge in [-0.05, 0) is 50.6 Å². The monoisotopic (exact) mass is 354 g/mol. The van der Waals surface area contributed by atoms with E-state index in [2.05, 4.69) is 17.6 Å². The summed E-state index contributed by atoms with van der Waals surface area (Å²) in [5.41, 5.74) is 0.788. The Kier molecular flexibility index (Phi) is 6.10. The van der Waals surface area contributed by atoms with Crippen molar-refractivity contribution in [2.24, 2.45) is 0 Å². The van der Waals surface area contributed by atoms with Crippen LogP contribution in [-0.4, -0.2) is 24.5 Å². The van der Waals surface area contributed by atoms with E-state index in [1.165, 1.54) is 0 Å². The van der Waals surface area contributed by atoms with Crippen LogP contribution in [0.5, 0.6) is 0 Å². The van der Waals surface area contributed by atoms with Gasteiger partial charge in [-0.15, -0.1) is 12.4 Å². The van der Waals surface area contributed by atoms with Gasteiger partial charge in [-0.2, -0.15) is 0 Å². The number of hydrogen-bond donors (Lipinski definition) is 2. The zero-order valence-electron chi connectivity index (χ0n) is 12.8. The van der Waals surface area contributed by atoms with Gasteiger partial charge in [0.1, 0.15) is 5.76 Å². The second kappa shape index (κ2) is 7.86. The molecule has 1 fully saturated rings. The van der Waals surface area contributed by atoms with Gasteiger partial charge in [0.15, 0.2) is 5.76 Å². The Hall–Kier alpha value is -1.49. The number of nitrogens with one attached hydrogen (secondary N) is 2. The zero-order chi connectivity index (χ0) is 15.5. The standard InChI is InChI=1S/C17H19ClN2O2.ClH/c1-11-14(7-4-10-19-11)20-17(21)16-9-8-15(22-16)12-5-2-3-6-13(12)18;/h2-3,5-6,8-9,11,14,19H,4,7,10H2,1H3,(H,20,21);1H. The number of carbonyl (C=O) groups excluding carboxylic acids is 1. The van der Waals surface area contributed by atoms with Crippen molar-refractivity contribution in [3.8, 4) is 11.3 Å². The summed E-state index contributed by atoms with van der Waals surface area (Å²) in [6.07, 6.45) is 2.05. The number of halogens is 2. The minimum atomic E-state index is -0.182. The van der Waals surface area contributed by atoms with Crippen LogP contribution in [0, 0.1) is 0 Å². The van der Waals surface area contributed by atoms with E-state index in [4.69, 9.17) is 16.0 Å². The smallest absolute Gasteiger partial charge is 0.287 e. The number of rotatable bonds is 3.